The molecule has 1 aliphatic rings. The Bertz CT molecular complexity index is 744. The van der Waals surface area contributed by atoms with Crippen LogP contribution in [0.3, 0.4) is 0 Å². The summed E-state index contributed by atoms with van der Waals surface area (Å²) in [6.45, 7) is 5.84. The van der Waals surface area contributed by atoms with Crippen molar-refractivity contribution < 1.29 is 9.53 Å². The first-order valence-corrected chi connectivity index (χ1v) is 9.68. The van der Waals surface area contributed by atoms with E-state index in [0.717, 1.165) is 42.2 Å². The fraction of sp³-hybridized carbons (Fsp3) is 0.429. The molecule has 0 unspecified atom stereocenters. The zero-order valence-corrected chi connectivity index (χ0v) is 15.9. The smallest absolute Gasteiger partial charge is 0.315 e. The Kier molecular flexibility index (Phi) is 6.90. The molecule has 2 aromatic rings. The normalized spacial score (nSPS) is 13.4. The summed E-state index contributed by atoms with van der Waals surface area (Å²) >= 11 is 0. The highest BCUT2D eigenvalue weighted by Crippen LogP contribution is 2.18. The Labute approximate surface area is 160 Å². The quantitative estimate of drug-likeness (QED) is 0.749. The van der Waals surface area contributed by atoms with Crippen LogP contribution in [-0.4, -0.2) is 30.7 Å². The van der Waals surface area contributed by atoms with Crippen molar-refractivity contribution >= 4 is 11.8 Å². The van der Waals surface area contributed by atoms with Gasteiger partial charge in [-0.1, -0.05) is 19.1 Å². The SMILES string of the molecule is CCCOc1cccc(CNC(=O)NCc2ccnc(N3CCCC3)c2)c1. The molecule has 0 aliphatic carbocycles. The minimum atomic E-state index is -0.186. The van der Waals surface area contributed by atoms with Crippen LogP contribution in [0.4, 0.5) is 10.6 Å². The van der Waals surface area contributed by atoms with E-state index >= 15 is 0 Å². The third kappa shape index (κ3) is 5.88. The van der Waals surface area contributed by atoms with Gasteiger partial charge < -0.3 is 20.3 Å². The molecule has 1 saturated heterocycles. The Morgan fingerprint density at radius 2 is 1.85 bits per heavy atom. The zero-order valence-electron chi connectivity index (χ0n) is 15.9. The topological polar surface area (TPSA) is 66.5 Å². The molecule has 1 aromatic carbocycles. The second kappa shape index (κ2) is 9.80. The first kappa shape index (κ1) is 19.0. The van der Waals surface area contributed by atoms with Crippen molar-refractivity contribution in [2.45, 2.75) is 39.3 Å². The molecule has 3 rings (SSSR count). The Morgan fingerprint density at radius 1 is 1.11 bits per heavy atom. The van der Waals surface area contributed by atoms with Crippen molar-refractivity contribution in [1.82, 2.24) is 15.6 Å². The molecule has 0 radical (unpaired) electrons. The number of carbonyl (C=O) groups is 1. The summed E-state index contributed by atoms with van der Waals surface area (Å²) in [4.78, 5) is 18.8. The van der Waals surface area contributed by atoms with E-state index in [1.807, 2.05) is 36.5 Å². The molecule has 2 amide bonds. The van der Waals surface area contributed by atoms with Crippen LogP contribution in [0.5, 0.6) is 5.75 Å². The highest BCUT2D eigenvalue weighted by atomic mass is 16.5. The molecule has 2 heterocycles. The molecule has 6 heteroatoms. The number of urea groups is 1. The average molecular weight is 368 g/mol. The number of benzene rings is 1. The molecular weight excluding hydrogens is 340 g/mol. The maximum atomic E-state index is 12.1. The fourth-order valence-electron chi connectivity index (χ4n) is 3.08. The van der Waals surface area contributed by atoms with Gasteiger partial charge >= 0.3 is 6.03 Å². The molecule has 0 atom stereocenters. The van der Waals surface area contributed by atoms with Crippen LogP contribution >= 0.6 is 0 Å². The molecule has 0 spiro atoms. The number of carbonyl (C=O) groups excluding carboxylic acids is 1. The van der Waals surface area contributed by atoms with E-state index in [0.29, 0.717) is 19.7 Å². The monoisotopic (exact) mass is 368 g/mol. The molecule has 144 valence electrons. The lowest BCUT2D eigenvalue weighted by Crippen LogP contribution is -2.34. The van der Waals surface area contributed by atoms with Crippen molar-refractivity contribution in [2.24, 2.45) is 0 Å². The van der Waals surface area contributed by atoms with E-state index in [9.17, 15) is 4.79 Å². The molecule has 1 aromatic heterocycles. The molecule has 1 fully saturated rings. The van der Waals surface area contributed by atoms with Gasteiger partial charge in [-0.05, 0) is 54.7 Å². The molecule has 6 nitrogen and oxygen atoms in total. The average Bonchev–Trinajstić information content (AvgIpc) is 3.25. The van der Waals surface area contributed by atoms with Crippen molar-refractivity contribution in [3.05, 3.63) is 53.7 Å². The standard InChI is InChI=1S/C21H28N4O2/c1-2-12-27-19-7-5-6-17(13-19)15-23-21(26)24-16-18-8-9-22-20(14-18)25-10-3-4-11-25/h5-9,13-14H,2-4,10-12,15-16H2,1H3,(H2,23,24,26). The van der Waals surface area contributed by atoms with E-state index in [-0.39, 0.29) is 6.03 Å². The molecule has 27 heavy (non-hydrogen) atoms. The lowest BCUT2D eigenvalue weighted by Gasteiger charge is -2.17. The molecule has 2 N–H and O–H groups in total. The Balaban J connectivity index is 1.45. The molecule has 0 saturated carbocycles. The highest BCUT2D eigenvalue weighted by Gasteiger charge is 2.13. The van der Waals surface area contributed by atoms with E-state index in [1.54, 1.807) is 0 Å². The zero-order chi connectivity index (χ0) is 18.9. The Morgan fingerprint density at radius 3 is 2.59 bits per heavy atom. The van der Waals surface area contributed by atoms with Crippen molar-refractivity contribution in [3.8, 4) is 5.75 Å². The third-order valence-corrected chi connectivity index (χ3v) is 4.52. The summed E-state index contributed by atoms with van der Waals surface area (Å²) in [6, 6.07) is 11.6. The lowest BCUT2D eigenvalue weighted by molar-refractivity contribution is 0.240. The molecular formula is C21H28N4O2. The van der Waals surface area contributed by atoms with E-state index in [1.165, 1.54) is 12.8 Å². The number of nitrogens with zero attached hydrogens (tertiary/aromatic N) is 2. The van der Waals surface area contributed by atoms with E-state index in [2.05, 4.69) is 33.5 Å². The number of amides is 2. The van der Waals surface area contributed by atoms with E-state index < -0.39 is 0 Å². The summed E-state index contributed by atoms with van der Waals surface area (Å²) in [5.74, 6) is 1.83. The highest BCUT2D eigenvalue weighted by molar-refractivity contribution is 5.73. The first-order chi connectivity index (χ1) is 13.2. The first-order valence-electron chi connectivity index (χ1n) is 9.68. The number of rotatable bonds is 8. The van der Waals surface area contributed by atoms with Gasteiger partial charge in [0.15, 0.2) is 0 Å². The van der Waals surface area contributed by atoms with Crippen LogP contribution < -0.4 is 20.3 Å². The number of nitrogens with one attached hydrogen (secondary N) is 2. The second-order valence-electron chi connectivity index (χ2n) is 6.75. The van der Waals surface area contributed by atoms with E-state index in [4.69, 9.17) is 4.74 Å². The van der Waals surface area contributed by atoms with Crippen LogP contribution in [-0.2, 0) is 13.1 Å². The van der Waals surface area contributed by atoms with Crippen LogP contribution in [0.15, 0.2) is 42.6 Å². The second-order valence-corrected chi connectivity index (χ2v) is 6.75. The van der Waals surface area contributed by atoms with Gasteiger partial charge in [-0.2, -0.15) is 0 Å². The van der Waals surface area contributed by atoms with Crippen LogP contribution in [0.1, 0.15) is 37.3 Å². The van der Waals surface area contributed by atoms with Gasteiger partial charge in [-0.25, -0.2) is 9.78 Å². The summed E-state index contributed by atoms with van der Waals surface area (Å²) in [5, 5.41) is 5.80. The minimum Gasteiger partial charge on any atom is -0.494 e. The van der Waals surface area contributed by atoms with Crippen LogP contribution in [0, 0.1) is 0 Å². The van der Waals surface area contributed by atoms with Gasteiger partial charge in [0.25, 0.3) is 0 Å². The predicted octanol–water partition coefficient (Wildman–Crippen LogP) is 3.47. The van der Waals surface area contributed by atoms with Crippen molar-refractivity contribution in [1.29, 1.82) is 0 Å². The summed E-state index contributed by atoms with van der Waals surface area (Å²) in [5.41, 5.74) is 2.07. The molecule has 0 bridgehead atoms. The third-order valence-electron chi connectivity index (χ3n) is 4.52. The fourth-order valence-corrected chi connectivity index (χ4v) is 3.08. The lowest BCUT2D eigenvalue weighted by atomic mass is 10.2. The summed E-state index contributed by atoms with van der Waals surface area (Å²) < 4.78 is 5.62. The van der Waals surface area contributed by atoms with Gasteiger partial charge in [0.1, 0.15) is 11.6 Å². The van der Waals surface area contributed by atoms with Crippen molar-refractivity contribution in [2.75, 3.05) is 24.6 Å². The molecule has 1 aliphatic heterocycles. The van der Waals surface area contributed by atoms with Gasteiger partial charge in [-0.3, -0.25) is 0 Å². The summed E-state index contributed by atoms with van der Waals surface area (Å²) in [7, 11) is 0. The van der Waals surface area contributed by atoms with Crippen LogP contribution in [0.25, 0.3) is 0 Å². The predicted molar refractivity (Wildman–Crippen MR) is 107 cm³/mol. The van der Waals surface area contributed by atoms with Crippen LogP contribution in [0.2, 0.25) is 0 Å². The Hall–Kier alpha value is -2.76. The number of aromatic nitrogens is 1. The largest absolute Gasteiger partial charge is 0.494 e. The number of hydrogen-bond acceptors (Lipinski definition) is 4. The van der Waals surface area contributed by atoms with Gasteiger partial charge in [-0.15, -0.1) is 0 Å². The van der Waals surface area contributed by atoms with Gasteiger partial charge in [0.05, 0.1) is 6.61 Å². The number of anilines is 1. The number of pyridine rings is 1. The number of hydrogen-bond donors (Lipinski definition) is 2. The maximum absolute atomic E-state index is 12.1. The minimum absolute atomic E-state index is 0.186. The summed E-state index contributed by atoms with van der Waals surface area (Å²) in [6.07, 6.45) is 5.22. The van der Waals surface area contributed by atoms with Gasteiger partial charge in [0.2, 0.25) is 0 Å². The van der Waals surface area contributed by atoms with Crippen molar-refractivity contribution in [3.63, 3.8) is 0 Å². The van der Waals surface area contributed by atoms with Gasteiger partial charge in [0, 0.05) is 32.4 Å². The maximum Gasteiger partial charge on any atom is 0.315 e. The number of ether oxygens (including phenoxy) is 1.